The third kappa shape index (κ3) is 36.3. The molecule has 0 aromatic rings. The largest absolute Gasteiger partial charge is 0.438 e. The van der Waals surface area contributed by atoms with Crippen LogP contribution in [0.5, 0.6) is 0 Å². The van der Waals surface area contributed by atoms with Crippen LogP contribution >= 0.6 is 94.1 Å². The van der Waals surface area contributed by atoms with Crippen molar-refractivity contribution >= 4 is 119 Å². The Balaban J connectivity index is 3.26. The summed E-state index contributed by atoms with van der Waals surface area (Å²) < 4.78 is 9.92. The highest BCUT2D eigenvalue weighted by Crippen LogP contribution is 2.09. The molecule has 0 atom stereocenters. The van der Waals surface area contributed by atoms with Gasteiger partial charge in [0, 0.05) is 34.5 Å². The van der Waals surface area contributed by atoms with Crippen LogP contribution in [0.2, 0.25) is 0 Å². The van der Waals surface area contributed by atoms with Gasteiger partial charge in [-0.2, -0.15) is 9.78 Å². The fraction of sp³-hybridized carbons (Fsp3) is 0.800. The second-order valence-electron chi connectivity index (χ2n) is 6.36. The summed E-state index contributed by atoms with van der Waals surface area (Å²) in [7, 11) is 0. The third-order valence-electron chi connectivity index (χ3n) is 3.45. The molecule has 42 heavy (non-hydrogen) atoms. The number of aliphatic hydroxyl groups excluding tert-OH is 2. The highest BCUT2D eigenvalue weighted by atomic mass is 32.2. The molecule has 0 aliphatic heterocycles. The van der Waals surface area contributed by atoms with E-state index in [2.05, 4.69) is 25.5 Å². The summed E-state index contributed by atoms with van der Waals surface area (Å²) in [6.07, 6.45) is 1.57. The quantitative estimate of drug-likeness (QED) is 0.0201. The topological polar surface area (TPSA) is 179 Å². The number of hydrogen-bond donors (Lipinski definition) is 4. The highest BCUT2D eigenvalue weighted by molar-refractivity contribution is 8.03. The Hall–Kier alpha value is 0.120. The molecule has 0 aliphatic rings. The smallest absolute Gasteiger partial charge is 0.408 e. The predicted molar refractivity (Wildman–Crippen MR) is 184 cm³/mol. The van der Waals surface area contributed by atoms with Crippen molar-refractivity contribution in [2.24, 2.45) is 9.98 Å². The van der Waals surface area contributed by atoms with Crippen LogP contribution in [0, 0.1) is 0 Å². The number of hydrogen-bond acceptors (Lipinski definition) is 20. The highest BCUT2D eigenvalue weighted by Gasteiger charge is 2.02. The van der Waals surface area contributed by atoms with Gasteiger partial charge in [0.25, 0.3) is 0 Å². The van der Waals surface area contributed by atoms with Crippen molar-refractivity contribution in [1.29, 1.82) is 0 Å². The monoisotopic (exact) mass is 750 g/mol. The van der Waals surface area contributed by atoms with Crippen molar-refractivity contribution < 1.29 is 48.8 Å². The second kappa shape index (κ2) is 37.3. The number of aliphatic imine (C=N–C) groups is 2. The third-order valence-corrected chi connectivity index (χ3v) is 10.0. The lowest BCUT2D eigenvalue weighted by molar-refractivity contribution is -0.196. The van der Waals surface area contributed by atoms with Gasteiger partial charge in [-0.05, 0) is 0 Å². The number of thioether (sulfide) groups is 8. The first-order chi connectivity index (χ1) is 20.7. The molecular weight excluding hydrogens is 713 g/mol. The molecule has 0 fully saturated rings. The predicted octanol–water partition coefficient (Wildman–Crippen LogP) is 3.82. The first-order valence-corrected chi connectivity index (χ1v) is 21.1. The fourth-order valence-electron chi connectivity index (χ4n) is 1.74. The summed E-state index contributed by atoms with van der Waals surface area (Å²) in [5.74, 6) is 8.02. The Labute approximate surface area is 280 Å². The van der Waals surface area contributed by atoms with Crippen molar-refractivity contribution in [1.82, 2.24) is 10.6 Å². The van der Waals surface area contributed by atoms with Gasteiger partial charge in [0.1, 0.15) is 23.8 Å². The van der Waals surface area contributed by atoms with Gasteiger partial charge in [-0.3, -0.25) is 0 Å². The molecule has 0 spiro atoms. The summed E-state index contributed by atoms with van der Waals surface area (Å²) in [6, 6.07) is 0. The Bertz CT molecular complexity index is 680. The number of nitrogens with zero attached hydrogens (tertiary/aromatic N) is 2. The summed E-state index contributed by atoms with van der Waals surface area (Å²) >= 11 is 11.8. The average Bonchev–Trinajstić information content (AvgIpc) is 2.99. The number of aliphatic hydroxyl groups is 2. The molecule has 246 valence electrons. The van der Waals surface area contributed by atoms with Gasteiger partial charge in [-0.25, -0.2) is 19.6 Å². The van der Waals surface area contributed by atoms with Crippen LogP contribution in [0.3, 0.4) is 0 Å². The molecule has 0 aromatic carbocycles. The lowest BCUT2D eigenvalue weighted by Gasteiger charge is -2.06. The number of carbonyl (C=O) groups is 2. The minimum absolute atomic E-state index is 0.0226. The van der Waals surface area contributed by atoms with E-state index in [1.165, 1.54) is 36.3 Å². The Morgan fingerprint density at radius 1 is 0.571 bits per heavy atom. The fourth-order valence-corrected chi connectivity index (χ4v) is 6.90. The summed E-state index contributed by atoms with van der Waals surface area (Å²) in [6.45, 7) is 0. The molecule has 14 nitrogen and oxygen atoms in total. The van der Waals surface area contributed by atoms with Gasteiger partial charge < -0.3 is 40.1 Å². The molecule has 0 heterocycles. The number of ether oxygens (including phenoxy) is 2. The van der Waals surface area contributed by atoms with Gasteiger partial charge in [0.2, 0.25) is 12.8 Å². The SMILES string of the molecule is O=C(NCSCCSC/N=C\OOCSCCSCOC(=O)NCSCCSC/N=C/OOCSCO)OCSCO. The number of amides is 2. The Morgan fingerprint density at radius 2 is 0.976 bits per heavy atom. The summed E-state index contributed by atoms with van der Waals surface area (Å²) in [4.78, 5) is 50.3. The first-order valence-electron chi connectivity index (χ1n) is 11.9. The number of nitrogens with one attached hydrogen (secondary N) is 2. The maximum Gasteiger partial charge on any atom is 0.408 e. The van der Waals surface area contributed by atoms with Gasteiger partial charge in [0.05, 0.1) is 35.4 Å². The number of rotatable bonds is 31. The maximum absolute atomic E-state index is 11.7. The van der Waals surface area contributed by atoms with Crippen LogP contribution < -0.4 is 10.6 Å². The number of alkyl carbamates (subject to hydrolysis) is 2. The zero-order valence-corrected chi connectivity index (χ0v) is 29.3. The minimum Gasteiger partial charge on any atom is -0.438 e. The zero-order chi connectivity index (χ0) is 30.6. The first kappa shape index (κ1) is 42.1. The van der Waals surface area contributed by atoms with Crippen molar-refractivity contribution in [3.8, 4) is 0 Å². The molecule has 0 aromatic heterocycles. The molecule has 0 aliphatic carbocycles. The van der Waals surface area contributed by atoms with Crippen LogP contribution in [0.15, 0.2) is 9.98 Å². The van der Waals surface area contributed by atoms with Crippen LogP contribution in [-0.4, -0.2) is 129 Å². The van der Waals surface area contributed by atoms with E-state index in [4.69, 9.17) is 34.3 Å². The molecule has 22 heteroatoms. The van der Waals surface area contributed by atoms with Gasteiger partial charge in [-0.1, -0.05) is 11.8 Å². The second-order valence-corrected chi connectivity index (χ2v) is 14.6. The maximum atomic E-state index is 11.7. The van der Waals surface area contributed by atoms with E-state index in [0.717, 1.165) is 46.3 Å². The minimum atomic E-state index is -0.494. The van der Waals surface area contributed by atoms with Gasteiger partial charge >= 0.3 is 12.2 Å². The van der Waals surface area contributed by atoms with Crippen molar-refractivity contribution in [2.75, 3.05) is 93.7 Å². The van der Waals surface area contributed by atoms with Crippen LogP contribution in [0.4, 0.5) is 9.59 Å². The Morgan fingerprint density at radius 3 is 1.50 bits per heavy atom. The van der Waals surface area contributed by atoms with Crippen molar-refractivity contribution in [3.63, 3.8) is 0 Å². The van der Waals surface area contributed by atoms with Crippen LogP contribution in [0.1, 0.15) is 0 Å². The molecule has 0 rings (SSSR count). The van der Waals surface area contributed by atoms with Crippen LogP contribution in [-0.2, 0) is 29.0 Å². The molecule has 0 unspecified atom stereocenters. The Kier molecular flexibility index (Phi) is 37.4. The van der Waals surface area contributed by atoms with E-state index < -0.39 is 12.2 Å². The van der Waals surface area contributed by atoms with E-state index in [0.29, 0.717) is 29.4 Å². The van der Waals surface area contributed by atoms with Crippen molar-refractivity contribution in [2.45, 2.75) is 0 Å². The van der Waals surface area contributed by atoms with Crippen molar-refractivity contribution in [3.05, 3.63) is 0 Å². The zero-order valence-electron chi connectivity index (χ0n) is 22.8. The standard InChI is InChI=1S/C20H38N4O10S8/c25-13-41-16-30-20(28)24-12-38-4-2-35-9-21-7-31-33-17-40-6-5-39-15-29-19(27)23-11-37-3-1-36-10-22-8-32-34-18-42-14-26/h7-8,25-26H,1-6,9-18H2,(H,23,27)(H,24,28)/b21-7-,22-8+. The average molecular weight is 751 g/mol. The van der Waals surface area contributed by atoms with Gasteiger partial charge in [0.15, 0.2) is 0 Å². The lowest BCUT2D eigenvalue weighted by Crippen LogP contribution is -2.24. The van der Waals surface area contributed by atoms with E-state index >= 15 is 0 Å². The molecule has 0 radical (unpaired) electrons. The van der Waals surface area contributed by atoms with Gasteiger partial charge in [-0.15, -0.1) is 82.3 Å². The molecule has 4 N–H and O–H groups in total. The van der Waals surface area contributed by atoms with E-state index in [1.54, 1.807) is 58.8 Å². The molecular formula is C20H38N4O10S8. The normalized spacial score (nSPS) is 11.2. The molecule has 0 bridgehead atoms. The van der Waals surface area contributed by atoms with E-state index in [-0.39, 0.29) is 29.7 Å². The van der Waals surface area contributed by atoms with E-state index in [1.807, 2.05) is 0 Å². The van der Waals surface area contributed by atoms with Crippen LogP contribution in [0.25, 0.3) is 0 Å². The molecule has 0 saturated heterocycles. The molecule has 2 amide bonds. The number of carbonyl (C=O) groups excluding carboxylic acids is 2. The molecule has 0 saturated carbocycles. The summed E-state index contributed by atoms with van der Waals surface area (Å²) in [5.41, 5.74) is 0. The lowest BCUT2D eigenvalue weighted by atomic mass is 11.0. The summed E-state index contributed by atoms with van der Waals surface area (Å²) in [5, 5.41) is 22.4. The van der Waals surface area contributed by atoms with E-state index in [9.17, 15) is 9.59 Å².